The van der Waals surface area contributed by atoms with Crippen LogP contribution in [0.5, 0.6) is 5.75 Å². The lowest BCUT2D eigenvalue weighted by Gasteiger charge is -2.03. The third-order valence-electron chi connectivity index (χ3n) is 3.66. The monoisotopic (exact) mass is 372 g/mol. The second-order valence-electron chi connectivity index (χ2n) is 5.48. The molecular formula is C19H20N2O2S2. The van der Waals surface area contributed by atoms with Crippen LogP contribution in [0.2, 0.25) is 0 Å². The molecule has 0 aliphatic rings. The maximum atomic E-state index is 12.3. The molecule has 3 aromatic rings. The SMILES string of the molecule is CCCn1c(=NC(=O)CSc2ccccc2)sc2cc(OC)ccc21. The molecule has 0 aliphatic carbocycles. The zero-order valence-corrected chi connectivity index (χ0v) is 15.9. The molecule has 0 spiro atoms. The minimum atomic E-state index is -0.114. The van der Waals surface area contributed by atoms with Crippen LogP contribution in [-0.2, 0) is 11.3 Å². The summed E-state index contributed by atoms with van der Waals surface area (Å²) >= 11 is 3.04. The van der Waals surface area contributed by atoms with Gasteiger partial charge in [-0.05, 0) is 36.8 Å². The van der Waals surface area contributed by atoms with Gasteiger partial charge < -0.3 is 9.30 Å². The van der Waals surface area contributed by atoms with Gasteiger partial charge in [0.25, 0.3) is 5.91 Å². The molecule has 2 aromatic carbocycles. The number of aromatic nitrogens is 1. The number of hydrogen-bond donors (Lipinski definition) is 0. The first-order chi connectivity index (χ1) is 12.2. The van der Waals surface area contributed by atoms with Gasteiger partial charge in [0.05, 0.1) is 23.1 Å². The number of rotatable bonds is 6. The minimum absolute atomic E-state index is 0.114. The van der Waals surface area contributed by atoms with E-state index in [1.807, 2.05) is 48.5 Å². The van der Waals surface area contributed by atoms with Gasteiger partial charge in [-0.2, -0.15) is 4.99 Å². The number of fused-ring (bicyclic) bond motifs is 1. The van der Waals surface area contributed by atoms with Crippen LogP contribution in [0.3, 0.4) is 0 Å². The Labute approximate surface area is 155 Å². The van der Waals surface area contributed by atoms with Crippen molar-refractivity contribution in [2.75, 3.05) is 12.9 Å². The zero-order valence-electron chi connectivity index (χ0n) is 14.3. The molecule has 1 aromatic heterocycles. The summed E-state index contributed by atoms with van der Waals surface area (Å²) < 4.78 is 8.49. The Morgan fingerprint density at radius 2 is 2.04 bits per heavy atom. The Hall–Kier alpha value is -2.05. The predicted octanol–water partition coefficient (Wildman–Crippen LogP) is 4.34. The second-order valence-corrected chi connectivity index (χ2v) is 7.54. The number of carbonyl (C=O) groups is 1. The molecule has 25 heavy (non-hydrogen) atoms. The molecule has 0 fully saturated rings. The van der Waals surface area contributed by atoms with E-state index in [-0.39, 0.29) is 5.91 Å². The van der Waals surface area contributed by atoms with Crippen molar-refractivity contribution in [1.29, 1.82) is 0 Å². The zero-order chi connectivity index (χ0) is 17.6. The fourth-order valence-electron chi connectivity index (χ4n) is 2.51. The molecule has 0 unspecified atom stereocenters. The molecule has 130 valence electrons. The van der Waals surface area contributed by atoms with Gasteiger partial charge in [-0.15, -0.1) is 11.8 Å². The van der Waals surface area contributed by atoms with E-state index in [4.69, 9.17) is 4.74 Å². The number of thiazole rings is 1. The van der Waals surface area contributed by atoms with Gasteiger partial charge in [0, 0.05) is 11.4 Å². The Kier molecular flexibility index (Phi) is 5.94. The van der Waals surface area contributed by atoms with Crippen LogP contribution in [0.25, 0.3) is 10.2 Å². The molecule has 1 heterocycles. The van der Waals surface area contributed by atoms with Crippen LogP contribution in [0.1, 0.15) is 13.3 Å². The summed E-state index contributed by atoms with van der Waals surface area (Å²) in [5.41, 5.74) is 1.09. The molecule has 6 heteroatoms. The number of aryl methyl sites for hydroxylation is 1. The van der Waals surface area contributed by atoms with Crippen molar-refractivity contribution in [1.82, 2.24) is 4.57 Å². The summed E-state index contributed by atoms with van der Waals surface area (Å²) in [4.78, 5) is 18.5. The highest BCUT2D eigenvalue weighted by atomic mass is 32.2. The van der Waals surface area contributed by atoms with E-state index in [0.29, 0.717) is 5.75 Å². The molecular weight excluding hydrogens is 352 g/mol. The smallest absolute Gasteiger partial charge is 0.258 e. The Balaban J connectivity index is 1.88. The summed E-state index contributed by atoms with van der Waals surface area (Å²) in [5.74, 6) is 1.04. The molecule has 0 radical (unpaired) electrons. The van der Waals surface area contributed by atoms with Crippen molar-refractivity contribution in [3.8, 4) is 5.75 Å². The first-order valence-corrected chi connectivity index (χ1v) is 9.94. The van der Waals surface area contributed by atoms with Gasteiger partial charge in [0.15, 0.2) is 4.80 Å². The third kappa shape index (κ3) is 4.32. The number of nitrogens with zero attached hydrogens (tertiary/aromatic N) is 2. The molecule has 0 atom stereocenters. The van der Waals surface area contributed by atoms with E-state index in [1.165, 1.54) is 23.1 Å². The standard InChI is InChI=1S/C19H20N2O2S2/c1-3-11-21-16-10-9-14(23-2)12-17(16)25-19(21)20-18(22)13-24-15-7-5-4-6-8-15/h4-10,12H,3,11,13H2,1-2H3. The van der Waals surface area contributed by atoms with E-state index in [1.54, 1.807) is 7.11 Å². The quantitative estimate of drug-likeness (QED) is 0.605. The van der Waals surface area contributed by atoms with E-state index in [9.17, 15) is 4.79 Å². The van der Waals surface area contributed by atoms with Gasteiger partial charge in [0.2, 0.25) is 0 Å². The highest BCUT2D eigenvalue weighted by Crippen LogP contribution is 2.23. The van der Waals surface area contributed by atoms with Crippen LogP contribution >= 0.6 is 23.1 Å². The summed E-state index contributed by atoms with van der Waals surface area (Å²) in [6, 6.07) is 15.9. The van der Waals surface area contributed by atoms with Gasteiger partial charge in [-0.3, -0.25) is 4.79 Å². The number of thioether (sulfide) groups is 1. The van der Waals surface area contributed by atoms with E-state index in [2.05, 4.69) is 16.5 Å². The number of ether oxygens (including phenoxy) is 1. The van der Waals surface area contributed by atoms with Crippen LogP contribution in [0.15, 0.2) is 58.4 Å². The summed E-state index contributed by atoms with van der Waals surface area (Å²) in [5, 5.41) is 0. The van der Waals surface area contributed by atoms with Crippen molar-refractivity contribution < 1.29 is 9.53 Å². The molecule has 0 bridgehead atoms. The van der Waals surface area contributed by atoms with Crippen molar-refractivity contribution in [3.63, 3.8) is 0 Å². The average molecular weight is 373 g/mol. The lowest BCUT2D eigenvalue weighted by Crippen LogP contribution is -2.17. The average Bonchev–Trinajstić information content (AvgIpc) is 2.97. The molecule has 0 saturated heterocycles. The molecule has 0 aliphatic heterocycles. The largest absolute Gasteiger partial charge is 0.497 e. The predicted molar refractivity (Wildman–Crippen MR) is 104 cm³/mol. The molecule has 1 amide bonds. The Bertz CT molecular complexity index is 929. The van der Waals surface area contributed by atoms with Crippen molar-refractivity contribution >= 4 is 39.2 Å². The van der Waals surface area contributed by atoms with Crippen molar-refractivity contribution in [2.24, 2.45) is 4.99 Å². The van der Waals surface area contributed by atoms with E-state index >= 15 is 0 Å². The van der Waals surface area contributed by atoms with E-state index in [0.717, 1.165) is 38.6 Å². The normalized spacial score (nSPS) is 11.8. The second kappa shape index (κ2) is 8.36. The Morgan fingerprint density at radius 3 is 2.76 bits per heavy atom. The molecule has 0 saturated carbocycles. The van der Waals surface area contributed by atoms with Crippen LogP contribution in [0.4, 0.5) is 0 Å². The van der Waals surface area contributed by atoms with Gasteiger partial charge >= 0.3 is 0 Å². The van der Waals surface area contributed by atoms with Crippen LogP contribution in [0, 0.1) is 0 Å². The summed E-state index contributed by atoms with van der Waals surface area (Å²) in [6.07, 6.45) is 0.984. The van der Waals surface area contributed by atoms with Crippen molar-refractivity contribution in [2.45, 2.75) is 24.8 Å². The number of methoxy groups -OCH3 is 1. The number of carbonyl (C=O) groups excluding carboxylic acids is 1. The fourth-order valence-corrected chi connectivity index (χ4v) is 4.31. The van der Waals surface area contributed by atoms with Gasteiger partial charge in [-0.25, -0.2) is 0 Å². The topological polar surface area (TPSA) is 43.6 Å². The maximum absolute atomic E-state index is 12.3. The first kappa shape index (κ1) is 17.8. The minimum Gasteiger partial charge on any atom is -0.497 e. The maximum Gasteiger partial charge on any atom is 0.258 e. The molecule has 0 N–H and O–H groups in total. The summed E-state index contributed by atoms with van der Waals surface area (Å²) in [7, 11) is 1.66. The number of benzene rings is 2. The highest BCUT2D eigenvalue weighted by molar-refractivity contribution is 8.00. The van der Waals surface area contributed by atoms with E-state index < -0.39 is 0 Å². The lowest BCUT2D eigenvalue weighted by atomic mass is 10.3. The summed E-state index contributed by atoms with van der Waals surface area (Å²) in [6.45, 7) is 2.96. The number of hydrogen-bond acceptors (Lipinski definition) is 4. The van der Waals surface area contributed by atoms with Gasteiger partial charge in [0.1, 0.15) is 5.75 Å². The van der Waals surface area contributed by atoms with Gasteiger partial charge in [-0.1, -0.05) is 36.5 Å². The van der Waals surface area contributed by atoms with Crippen molar-refractivity contribution in [3.05, 3.63) is 53.3 Å². The first-order valence-electron chi connectivity index (χ1n) is 8.14. The number of amides is 1. The lowest BCUT2D eigenvalue weighted by molar-refractivity contribution is -0.115. The van der Waals surface area contributed by atoms with Crippen LogP contribution < -0.4 is 9.54 Å². The third-order valence-corrected chi connectivity index (χ3v) is 5.70. The van der Waals surface area contributed by atoms with Crippen LogP contribution in [-0.4, -0.2) is 23.3 Å². The highest BCUT2D eigenvalue weighted by Gasteiger charge is 2.09. The molecule has 3 rings (SSSR count). The fraction of sp³-hybridized carbons (Fsp3) is 0.263. The molecule has 4 nitrogen and oxygen atoms in total. The Morgan fingerprint density at radius 1 is 1.24 bits per heavy atom.